The summed E-state index contributed by atoms with van der Waals surface area (Å²) in [6.45, 7) is 2.95. The van der Waals surface area contributed by atoms with E-state index in [1.807, 2.05) is 0 Å². The van der Waals surface area contributed by atoms with Gasteiger partial charge in [-0.1, -0.05) is 23.7 Å². The third kappa shape index (κ3) is 4.89. The average Bonchev–Trinajstić information content (AvgIpc) is 2.97. The van der Waals surface area contributed by atoms with Crippen molar-refractivity contribution in [3.63, 3.8) is 0 Å². The van der Waals surface area contributed by atoms with Gasteiger partial charge in [-0.15, -0.1) is 0 Å². The Morgan fingerprint density at radius 3 is 2.67 bits per heavy atom. The topological polar surface area (TPSA) is 126 Å². The van der Waals surface area contributed by atoms with Crippen molar-refractivity contribution < 1.29 is 22.7 Å². The Morgan fingerprint density at radius 2 is 1.93 bits per heavy atom. The number of fused-ring (bicyclic) bond motifs is 1. The summed E-state index contributed by atoms with van der Waals surface area (Å²) in [5.41, 5.74) is 5.64. The number of nitrogens with zero attached hydrogens (tertiary/aromatic N) is 1. The number of amidine groups is 1. The van der Waals surface area contributed by atoms with E-state index in [9.17, 15) is 18.0 Å². The molecule has 30 heavy (non-hydrogen) atoms. The number of amides is 2. The molecule has 1 aliphatic heterocycles. The smallest absolute Gasteiger partial charge is 0.276 e. The highest BCUT2D eigenvalue weighted by Crippen LogP contribution is 2.23. The normalized spacial score (nSPS) is 16.3. The van der Waals surface area contributed by atoms with Gasteiger partial charge in [0, 0.05) is 10.6 Å². The number of aliphatic imine (C=N–C) groups is 1. The lowest BCUT2D eigenvalue weighted by Crippen LogP contribution is -2.47. The van der Waals surface area contributed by atoms with E-state index in [-0.39, 0.29) is 17.3 Å². The molecule has 0 saturated heterocycles. The van der Waals surface area contributed by atoms with Crippen molar-refractivity contribution in [1.82, 2.24) is 15.6 Å². The number of benzene rings is 2. The van der Waals surface area contributed by atoms with Gasteiger partial charge in [0.1, 0.15) is 17.6 Å². The minimum Gasteiger partial charge on any atom is -0.484 e. The second kappa shape index (κ2) is 8.72. The fraction of sp³-hybridized carbons (Fsp3) is 0.211. The summed E-state index contributed by atoms with van der Waals surface area (Å²) >= 11 is 5.93. The molecule has 0 spiro atoms. The maximum atomic E-state index is 12.2. The zero-order chi connectivity index (χ0) is 21.9. The number of aryl methyl sites for hydroxylation is 1. The number of hydrogen-bond donors (Lipinski definition) is 3. The zero-order valence-electron chi connectivity index (χ0n) is 16.1. The van der Waals surface area contributed by atoms with Crippen molar-refractivity contribution in [1.29, 1.82) is 0 Å². The Labute approximate surface area is 178 Å². The molecule has 1 atom stereocenters. The van der Waals surface area contributed by atoms with Gasteiger partial charge in [0.05, 0.1) is 4.90 Å². The lowest BCUT2D eigenvalue weighted by Gasteiger charge is -2.12. The third-order valence-electron chi connectivity index (χ3n) is 4.19. The van der Waals surface area contributed by atoms with Gasteiger partial charge in [-0.25, -0.2) is 8.42 Å². The number of hydrogen-bond acceptors (Lipinski definition) is 6. The molecule has 0 fully saturated rings. The van der Waals surface area contributed by atoms with Gasteiger partial charge < -0.3 is 4.74 Å². The first-order valence-corrected chi connectivity index (χ1v) is 10.7. The monoisotopic (exact) mass is 450 g/mol. The van der Waals surface area contributed by atoms with Crippen molar-refractivity contribution in [2.75, 3.05) is 6.61 Å². The Morgan fingerprint density at radius 1 is 1.20 bits per heavy atom. The van der Waals surface area contributed by atoms with E-state index in [0.29, 0.717) is 16.3 Å². The van der Waals surface area contributed by atoms with Gasteiger partial charge in [-0.05, 0) is 49.7 Å². The van der Waals surface area contributed by atoms with E-state index in [1.165, 1.54) is 13.0 Å². The maximum absolute atomic E-state index is 12.2. The average molecular weight is 451 g/mol. The molecule has 2 amide bonds. The quantitative estimate of drug-likeness (QED) is 0.592. The van der Waals surface area contributed by atoms with Gasteiger partial charge >= 0.3 is 0 Å². The Kier molecular flexibility index (Phi) is 6.28. The molecule has 0 saturated carbocycles. The van der Waals surface area contributed by atoms with Crippen molar-refractivity contribution in [2.45, 2.75) is 24.8 Å². The van der Waals surface area contributed by atoms with E-state index in [4.69, 9.17) is 16.3 Å². The minimum atomic E-state index is -3.70. The van der Waals surface area contributed by atoms with Crippen molar-refractivity contribution in [2.24, 2.45) is 4.99 Å². The van der Waals surface area contributed by atoms with E-state index in [0.717, 1.165) is 5.56 Å². The molecule has 2 aromatic carbocycles. The van der Waals surface area contributed by atoms with Gasteiger partial charge in [0.15, 0.2) is 6.61 Å². The molecular weight excluding hydrogens is 432 g/mol. The minimum absolute atomic E-state index is 0.0704. The highest BCUT2D eigenvalue weighted by molar-refractivity contribution is 7.90. The first kappa shape index (κ1) is 21.6. The Bertz CT molecular complexity index is 1130. The van der Waals surface area contributed by atoms with Crippen molar-refractivity contribution in [3.8, 4) is 5.75 Å². The fourth-order valence-corrected chi connectivity index (χ4v) is 3.97. The predicted molar refractivity (Wildman–Crippen MR) is 111 cm³/mol. The molecule has 158 valence electrons. The molecule has 1 heterocycles. The summed E-state index contributed by atoms with van der Waals surface area (Å²) in [5.74, 6) is -0.671. The summed E-state index contributed by atoms with van der Waals surface area (Å²) in [6.07, 6.45) is 0. The lowest BCUT2D eigenvalue weighted by molar-refractivity contribution is -0.130. The molecule has 3 rings (SSSR count). The van der Waals surface area contributed by atoms with Gasteiger partial charge in [0.2, 0.25) is 0 Å². The number of ether oxygens (including phenoxy) is 1. The Hall–Kier alpha value is -3.11. The van der Waals surface area contributed by atoms with E-state index >= 15 is 0 Å². The van der Waals surface area contributed by atoms with E-state index < -0.39 is 27.9 Å². The molecule has 9 nitrogen and oxygen atoms in total. The molecule has 0 radical (unpaired) electrons. The van der Waals surface area contributed by atoms with Gasteiger partial charge in [-0.3, -0.25) is 30.2 Å². The van der Waals surface area contributed by atoms with Gasteiger partial charge in [-0.2, -0.15) is 0 Å². The number of sulfonamides is 1. The molecule has 0 unspecified atom stereocenters. The van der Waals surface area contributed by atoms with Crippen LogP contribution in [0.2, 0.25) is 5.02 Å². The van der Waals surface area contributed by atoms with Crippen LogP contribution in [0, 0.1) is 6.92 Å². The summed E-state index contributed by atoms with van der Waals surface area (Å²) < 4.78 is 31.8. The van der Waals surface area contributed by atoms with Crippen LogP contribution in [-0.2, 0) is 19.6 Å². The number of nitrogens with one attached hydrogen (secondary N) is 3. The summed E-state index contributed by atoms with van der Waals surface area (Å²) in [4.78, 5) is 28.3. The molecule has 11 heteroatoms. The van der Waals surface area contributed by atoms with Crippen LogP contribution in [0.25, 0.3) is 0 Å². The number of carbonyl (C=O) groups is 2. The van der Waals surface area contributed by atoms with E-state index in [2.05, 4.69) is 20.6 Å². The molecule has 0 aliphatic carbocycles. The second-order valence-corrected chi connectivity index (χ2v) is 8.55. The molecular formula is C19H19ClN4O5S. The molecule has 3 N–H and O–H groups in total. The van der Waals surface area contributed by atoms with Crippen LogP contribution in [-0.4, -0.2) is 38.7 Å². The predicted octanol–water partition coefficient (Wildman–Crippen LogP) is 1.30. The SMILES string of the molecule is Cc1cc(OCC(=O)NNC(=O)[C@H](C)N=C2NS(=O)(=O)c3ccccc32)ccc1Cl. The second-order valence-electron chi connectivity index (χ2n) is 6.49. The van der Waals surface area contributed by atoms with Crippen LogP contribution in [0.4, 0.5) is 0 Å². The fourth-order valence-electron chi connectivity index (χ4n) is 2.61. The highest BCUT2D eigenvalue weighted by Gasteiger charge is 2.31. The number of halogens is 1. The van der Waals surface area contributed by atoms with Crippen LogP contribution in [0.5, 0.6) is 5.75 Å². The molecule has 1 aliphatic rings. The molecule has 0 bridgehead atoms. The standard InChI is InChI=1S/C19H19ClN4O5S/c1-11-9-13(7-8-15(11)20)29-10-17(25)22-23-19(26)12(2)21-18-14-5-3-4-6-16(14)30(27,28)24-18/h3-9,12H,10H2,1-2H3,(H,21,24)(H,22,25)(H,23,26)/t12-/m0/s1. The van der Waals surface area contributed by atoms with E-state index in [1.54, 1.807) is 43.3 Å². The number of hydrazine groups is 1. The third-order valence-corrected chi connectivity index (χ3v) is 6.01. The largest absolute Gasteiger partial charge is 0.484 e. The first-order chi connectivity index (χ1) is 14.2. The van der Waals surface area contributed by atoms with Crippen LogP contribution >= 0.6 is 11.6 Å². The molecule has 0 aromatic heterocycles. The number of carbonyl (C=O) groups excluding carboxylic acids is 2. The van der Waals surface area contributed by atoms with Crippen molar-refractivity contribution >= 4 is 39.3 Å². The van der Waals surface area contributed by atoms with Crippen LogP contribution in [0.1, 0.15) is 18.1 Å². The summed E-state index contributed by atoms with van der Waals surface area (Å²) in [6, 6.07) is 10.3. The zero-order valence-corrected chi connectivity index (χ0v) is 17.7. The van der Waals surface area contributed by atoms with Crippen LogP contribution in [0.15, 0.2) is 52.4 Å². The first-order valence-electron chi connectivity index (χ1n) is 8.85. The molecule has 2 aromatic rings. The van der Waals surface area contributed by atoms with Crippen molar-refractivity contribution in [3.05, 3.63) is 58.6 Å². The summed E-state index contributed by atoms with van der Waals surface area (Å²) in [7, 11) is -3.70. The highest BCUT2D eigenvalue weighted by atomic mass is 35.5. The van der Waals surface area contributed by atoms with Crippen LogP contribution < -0.4 is 20.3 Å². The van der Waals surface area contributed by atoms with Crippen LogP contribution in [0.3, 0.4) is 0 Å². The lowest BCUT2D eigenvalue weighted by atomic mass is 10.2. The summed E-state index contributed by atoms with van der Waals surface area (Å²) in [5, 5.41) is 0.585. The Balaban J connectivity index is 1.54. The maximum Gasteiger partial charge on any atom is 0.276 e. The van der Waals surface area contributed by atoms with Gasteiger partial charge in [0.25, 0.3) is 21.8 Å². The number of rotatable bonds is 5.